The minimum Gasteiger partial charge on any atom is -0.481 e. The van der Waals surface area contributed by atoms with Crippen LogP contribution in [0.4, 0.5) is 0 Å². The van der Waals surface area contributed by atoms with E-state index in [2.05, 4.69) is 21.2 Å². The fourth-order valence-electron chi connectivity index (χ4n) is 1.59. The molecule has 0 heterocycles. The summed E-state index contributed by atoms with van der Waals surface area (Å²) in [7, 11) is 0. The molecule has 19 heavy (non-hydrogen) atoms. The van der Waals surface area contributed by atoms with Crippen molar-refractivity contribution in [1.82, 2.24) is 5.32 Å². The summed E-state index contributed by atoms with van der Waals surface area (Å²) in [6.45, 7) is 1.85. The molecule has 0 fully saturated rings. The van der Waals surface area contributed by atoms with Crippen LogP contribution < -0.4 is 11.1 Å². The zero-order valence-corrected chi connectivity index (χ0v) is 12.2. The summed E-state index contributed by atoms with van der Waals surface area (Å²) in [6, 6.07) is 6.61. The third kappa shape index (κ3) is 5.40. The van der Waals surface area contributed by atoms with Crippen LogP contribution in [-0.2, 0) is 9.59 Å². The highest BCUT2D eigenvalue weighted by Crippen LogP contribution is 2.17. The first-order valence-corrected chi connectivity index (χ1v) is 6.72. The molecule has 5 nitrogen and oxygen atoms in total. The first-order chi connectivity index (χ1) is 8.90. The van der Waals surface area contributed by atoms with Crippen LogP contribution in [0.1, 0.15) is 31.4 Å². The van der Waals surface area contributed by atoms with E-state index in [1.165, 1.54) is 0 Å². The number of benzene rings is 1. The Labute approximate surface area is 120 Å². The van der Waals surface area contributed by atoms with Gasteiger partial charge in [0.25, 0.3) is 0 Å². The van der Waals surface area contributed by atoms with Crippen molar-refractivity contribution in [2.45, 2.75) is 31.8 Å². The molecule has 104 valence electrons. The van der Waals surface area contributed by atoms with Gasteiger partial charge < -0.3 is 16.2 Å². The highest BCUT2D eigenvalue weighted by atomic mass is 79.9. The molecule has 0 bridgehead atoms. The van der Waals surface area contributed by atoms with E-state index in [1.54, 1.807) is 0 Å². The van der Waals surface area contributed by atoms with Gasteiger partial charge in [0, 0.05) is 10.9 Å². The van der Waals surface area contributed by atoms with Crippen LogP contribution in [0.3, 0.4) is 0 Å². The van der Waals surface area contributed by atoms with Crippen LogP contribution in [0.25, 0.3) is 0 Å². The quantitative estimate of drug-likeness (QED) is 0.742. The van der Waals surface area contributed by atoms with Gasteiger partial charge >= 0.3 is 5.97 Å². The van der Waals surface area contributed by atoms with E-state index < -0.39 is 12.0 Å². The number of halogens is 1. The summed E-state index contributed by atoms with van der Waals surface area (Å²) in [5, 5.41) is 11.3. The first kappa shape index (κ1) is 15.7. The van der Waals surface area contributed by atoms with Gasteiger partial charge in [-0.05, 0) is 31.0 Å². The number of carbonyl (C=O) groups is 2. The second-order valence-corrected chi connectivity index (χ2v) is 5.24. The lowest BCUT2D eigenvalue weighted by molar-refractivity contribution is -0.137. The van der Waals surface area contributed by atoms with Gasteiger partial charge in [-0.1, -0.05) is 28.1 Å². The van der Waals surface area contributed by atoms with Crippen LogP contribution in [-0.4, -0.2) is 23.0 Å². The number of amides is 1. The van der Waals surface area contributed by atoms with Crippen LogP contribution in [0, 0.1) is 0 Å². The standard InChI is InChI=1S/C13H17BrN2O3/c1-8(9-3-2-4-10(14)7-9)16-13(19)11(15)5-6-12(17)18/h2-4,7-8,11H,5-6,15H2,1H3,(H,16,19)(H,17,18)/t8-,11?/m0/s1. The maximum atomic E-state index is 11.8. The number of hydrogen-bond donors (Lipinski definition) is 3. The van der Waals surface area contributed by atoms with Gasteiger partial charge in [0.2, 0.25) is 5.91 Å². The molecular weight excluding hydrogens is 312 g/mol. The van der Waals surface area contributed by atoms with E-state index in [0.717, 1.165) is 10.0 Å². The van der Waals surface area contributed by atoms with Gasteiger partial charge in [-0.25, -0.2) is 0 Å². The normalized spacial score (nSPS) is 13.6. The lowest BCUT2D eigenvalue weighted by Crippen LogP contribution is -2.41. The smallest absolute Gasteiger partial charge is 0.303 e. The van der Waals surface area contributed by atoms with Crippen LogP contribution >= 0.6 is 15.9 Å². The van der Waals surface area contributed by atoms with Crippen molar-refractivity contribution in [1.29, 1.82) is 0 Å². The maximum Gasteiger partial charge on any atom is 0.303 e. The Morgan fingerprint density at radius 1 is 1.47 bits per heavy atom. The van der Waals surface area contributed by atoms with Gasteiger partial charge in [0.1, 0.15) is 0 Å². The molecule has 1 amide bonds. The molecule has 0 aliphatic heterocycles. The van der Waals surface area contributed by atoms with E-state index >= 15 is 0 Å². The van der Waals surface area contributed by atoms with E-state index in [0.29, 0.717) is 0 Å². The Bertz CT molecular complexity index is 465. The lowest BCUT2D eigenvalue weighted by atomic mass is 10.1. The highest BCUT2D eigenvalue weighted by Gasteiger charge is 2.17. The number of carbonyl (C=O) groups excluding carboxylic acids is 1. The van der Waals surface area contributed by atoms with E-state index in [-0.39, 0.29) is 24.8 Å². The van der Waals surface area contributed by atoms with E-state index in [4.69, 9.17) is 10.8 Å². The average Bonchev–Trinajstić information content (AvgIpc) is 2.35. The Balaban J connectivity index is 2.54. The minimum atomic E-state index is -0.955. The molecule has 0 spiro atoms. The van der Waals surface area contributed by atoms with Crippen molar-refractivity contribution in [2.75, 3.05) is 0 Å². The molecule has 1 aromatic carbocycles. The zero-order chi connectivity index (χ0) is 14.4. The topological polar surface area (TPSA) is 92.4 Å². The van der Waals surface area contributed by atoms with E-state index in [9.17, 15) is 9.59 Å². The molecule has 6 heteroatoms. The Hall–Kier alpha value is -1.40. The van der Waals surface area contributed by atoms with Crippen LogP contribution in [0.15, 0.2) is 28.7 Å². The number of carboxylic acid groups (broad SMARTS) is 1. The molecule has 4 N–H and O–H groups in total. The lowest BCUT2D eigenvalue weighted by Gasteiger charge is -2.17. The monoisotopic (exact) mass is 328 g/mol. The predicted molar refractivity (Wildman–Crippen MR) is 75.5 cm³/mol. The summed E-state index contributed by atoms with van der Waals surface area (Å²) >= 11 is 3.36. The highest BCUT2D eigenvalue weighted by molar-refractivity contribution is 9.10. The average molecular weight is 329 g/mol. The molecule has 0 radical (unpaired) electrons. The van der Waals surface area contributed by atoms with E-state index in [1.807, 2.05) is 31.2 Å². The molecule has 0 aromatic heterocycles. The maximum absolute atomic E-state index is 11.8. The zero-order valence-electron chi connectivity index (χ0n) is 10.6. The molecule has 0 aliphatic rings. The molecule has 2 atom stereocenters. The van der Waals surface area contributed by atoms with Crippen molar-refractivity contribution >= 4 is 27.8 Å². The number of carboxylic acids is 1. The molecule has 0 saturated heterocycles. The molecule has 0 saturated carbocycles. The van der Waals surface area contributed by atoms with Crippen molar-refractivity contribution < 1.29 is 14.7 Å². The summed E-state index contributed by atoms with van der Waals surface area (Å²) in [6.07, 6.45) is 0.0201. The summed E-state index contributed by atoms with van der Waals surface area (Å²) in [4.78, 5) is 22.2. The SMILES string of the molecule is C[C@H](NC(=O)C(N)CCC(=O)O)c1cccc(Br)c1. The second-order valence-electron chi connectivity index (χ2n) is 4.32. The third-order valence-electron chi connectivity index (χ3n) is 2.71. The first-order valence-electron chi connectivity index (χ1n) is 5.93. The predicted octanol–water partition coefficient (Wildman–Crippen LogP) is 1.82. The van der Waals surface area contributed by atoms with Gasteiger partial charge in [0.15, 0.2) is 0 Å². The van der Waals surface area contributed by atoms with Crippen molar-refractivity contribution in [3.05, 3.63) is 34.3 Å². The van der Waals surface area contributed by atoms with Gasteiger partial charge in [-0.3, -0.25) is 9.59 Å². The Morgan fingerprint density at radius 2 is 2.16 bits per heavy atom. The number of aliphatic carboxylic acids is 1. The van der Waals surface area contributed by atoms with Gasteiger partial charge in [-0.15, -0.1) is 0 Å². The Morgan fingerprint density at radius 3 is 2.74 bits per heavy atom. The summed E-state index contributed by atoms with van der Waals surface area (Å²) in [5.41, 5.74) is 6.59. The molecule has 0 aliphatic carbocycles. The Kier molecular flexibility index (Phi) is 5.98. The van der Waals surface area contributed by atoms with Crippen LogP contribution in [0.5, 0.6) is 0 Å². The fraction of sp³-hybridized carbons (Fsp3) is 0.385. The van der Waals surface area contributed by atoms with Crippen LogP contribution in [0.2, 0.25) is 0 Å². The number of nitrogens with one attached hydrogen (secondary N) is 1. The fourth-order valence-corrected chi connectivity index (χ4v) is 2.01. The third-order valence-corrected chi connectivity index (χ3v) is 3.21. The summed E-state index contributed by atoms with van der Waals surface area (Å²) in [5.74, 6) is -1.29. The molecule has 1 unspecified atom stereocenters. The number of rotatable bonds is 6. The minimum absolute atomic E-state index is 0.111. The van der Waals surface area contributed by atoms with Crippen molar-refractivity contribution in [3.8, 4) is 0 Å². The molecule has 1 rings (SSSR count). The summed E-state index contributed by atoms with van der Waals surface area (Å²) < 4.78 is 0.932. The second kappa shape index (κ2) is 7.25. The van der Waals surface area contributed by atoms with Crippen molar-refractivity contribution in [3.63, 3.8) is 0 Å². The van der Waals surface area contributed by atoms with Gasteiger partial charge in [-0.2, -0.15) is 0 Å². The number of nitrogens with two attached hydrogens (primary N) is 1. The molecule has 1 aromatic rings. The number of hydrogen-bond acceptors (Lipinski definition) is 3. The van der Waals surface area contributed by atoms with Gasteiger partial charge in [0.05, 0.1) is 12.1 Å². The van der Waals surface area contributed by atoms with Crippen molar-refractivity contribution in [2.24, 2.45) is 5.73 Å². The largest absolute Gasteiger partial charge is 0.481 e. The molecular formula is C13H17BrN2O3.